The van der Waals surface area contributed by atoms with Crippen molar-refractivity contribution in [2.24, 2.45) is 0 Å². The zero-order chi connectivity index (χ0) is 22.2. The Morgan fingerprint density at radius 2 is 1.84 bits per heavy atom. The maximum Gasteiger partial charge on any atom is 0.411 e. The minimum absolute atomic E-state index is 0.189. The zero-order valence-electron chi connectivity index (χ0n) is 17.0. The molecule has 2 N–H and O–H groups in total. The molecule has 31 heavy (non-hydrogen) atoms. The fraction of sp³-hybridized carbons (Fsp3) is 0.182. The van der Waals surface area contributed by atoms with Crippen LogP contribution >= 0.6 is 11.3 Å². The van der Waals surface area contributed by atoms with Crippen LogP contribution in [0.15, 0.2) is 60.0 Å². The molecule has 0 radical (unpaired) electrons. The van der Waals surface area contributed by atoms with Crippen LogP contribution in [-0.4, -0.2) is 35.7 Å². The Balaban J connectivity index is 1.58. The van der Waals surface area contributed by atoms with E-state index in [-0.39, 0.29) is 12.2 Å². The van der Waals surface area contributed by atoms with Gasteiger partial charge in [-0.15, -0.1) is 11.3 Å². The molecule has 0 saturated heterocycles. The normalized spacial score (nSPS) is 11.3. The molecule has 3 rings (SSSR count). The quantitative estimate of drug-likeness (QED) is 0.523. The summed E-state index contributed by atoms with van der Waals surface area (Å²) in [7, 11) is 0. The summed E-state index contributed by atoms with van der Waals surface area (Å²) in [6.07, 6.45) is -1.67. The van der Waals surface area contributed by atoms with Gasteiger partial charge in [0.2, 0.25) is 0 Å². The highest BCUT2D eigenvalue weighted by Gasteiger charge is 2.20. The van der Waals surface area contributed by atoms with Gasteiger partial charge in [-0.05, 0) is 32.0 Å². The molecule has 0 spiro atoms. The third kappa shape index (κ3) is 6.13. The lowest BCUT2D eigenvalue weighted by Gasteiger charge is -2.13. The topological polar surface area (TPSA) is 107 Å². The van der Waals surface area contributed by atoms with Gasteiger partial charge in [0.1, 0.15) is 0 Å². The summed E-state index contributed by atoms with van der Waals surface area (Å²) in [5, 5.41) is 7.41. The highest BCUT2D eigenvalue weighted by atomic mass is 32.1. The molecule has 9 heteroatoms. The van der Waals surface area contributed by atoms with Crippen LogP contribution in [0.25, 0.3) is 11.3 Å². The summed E-state index contributed by atoms with van der Waals surface area (Å²) in [6.45, 7) is 3.39. The maximum absolute atomic E-state index is 12.4. The number of thiazole rings is 1. The Labute approximate surface area is 183 Å². The molecule has 3 aromatic rings. The average Bonchev–Trinajstić information content (AvgIpc) is 3.23. The van der Waals surface area contributed by atoms with Crippen molar-refractivity contribution < 1.29 is 23.9 Å². The summed E-state index contributed by atoms with van der Waals surface area (Å²) in [5.41, 5.74) is 2.25. The Hall–Kier alpha value is -3.72. The van der Waals surface area contributed by atoms with E-state index in [0.29, 0.717) is 10.8 Å². The third-order valence-corrected chi connectivity index (χ3v) is 4.83. The largest absolute Gasteiger partial charge is 0.450 e. The minimum Gasteiger partial charge on any atom is -0.450 e. The molecule has 0 aliphatic heterocycles. The predicted molar refractivity (Wildman–Crippen MR) is 118 cm³/mol. The summed E-state index contributed by atoms with van der Waals surface area (Å²) >= 11 is 1.28. The van der Waals surface area contributed by atoms with E-state index in [1.165, 1.54) is 30.4 Å². The number of nitrogens with one attached hydrogen (secondary N) is 2. The van der Waals surface area contributed by atoms with E-state index < -0.39 is 24.1 Å². The molecule has 0 bridgehead atoms. The van der Waals surface area contributed by atoms with Gasteiger partial charge in [-0.25, -0.2) is 14.6 Å². The van der Waals surface area contributed by atoms with Gasteiger partial charge in [0, 0.05) is 16.6 Å². The van der Waals surface area contributed by atoms with E-state index in [9.17, 15) is 14.4 Å². The lowest BCUT2D eigenvalue weighted by Crippen LogP contribution is -2.30. The second-order valence-electron chi connectivity index (χ2n) is 6.37. The molecule has 1 atom stereocenters. The van der Waals surface area contributed by atoms with Crippen molar-refractivity contribution >= 4 is 40.1 Å². The Morgan fingerprint density at radius 1 is 1.06 bits per heavy atom. The molecule has 8 nitrogen and oxygen atoms in total. The van der Waals surface area contributed by atoms with Crippen LogP contribution in [0.2, 0.25) is 0 Å². The number of rotatable bonds is 7. The van der Waals surface area contributed by atoms with Crippen molar-refractivity contribution in [2.75, 3.05) is 17.2 Å². The molecular formula is C22H21N3O5S. The number of aromatic nitrogens is 1. The van der Waals surface area contributed by atoms with Crippen molar-refractivity contribution in [1.29, 1.82) is 0 Å². The summed E-state index contributed by atoms with van der Waals surface area (Å²) < 4.78 is 10.1. The van der Waals surface area contributed by atoms with E-state index in [2.05, 4.69) is 15.6 Å². The first-order valence-electron chi connectivity index (χ1n) is 9.53. The van der Waals surface area contributed by atoms with Crippen molar-refractivity contribution in [3.05, 3.63) is 65.5 Å². The molecular weight excluding hydrogens is 418 g/mol. The number of amides is 2. The molecule has 2 amide bonds. The summed E-state index contributed by atoms with van der Waals surface area (Å²) in [4.78, 5) is 40.7. The van der Waals surface area contributed by atoms with Gasteiger partial charge in [0.25, 0.3) is 5.91 Å². The SMILES string of the molecule is CCOC(=O)Nc1cccc(C(=O)OC(C)C(=O)Nc2nc(-c3ccccc3)cs2)c1. The van der Waals surface area contributed by atoms with Gasteiger partial charge in [0.05, 0.1) is 17.9 Å². The number of nitrogens with zero attached hydrogens (tertiary/aromatic N) is 1. The number of anilines is 2. The first-order valence-corrected chi connectivity index (χ1v) is 10.4. The van der Waals surface area contributed by atoms with Gasteiger partial charge in [0.15, 0.2) is 11.2 Å². The van der Waals surface area contributed by atoms with E-state index in [4.69, 9.17) is 9.47 Å². The highest BCUT2D eigenvalue weighted by molar-refractivity contribution is 7.14. The van der Waals surface area contributed by atoms with Gasteiger partial charge in [-0.3, -0.25) is 15.4 Å². The molecule has 2 aromatic carbocycles. The second kappa shape index (κ2) is 10.4. The number of carbonyl (C=O) groups excluding carboxylic acids is 3. The van der Waals surface area contributed by atoms with E-state index in [1.54, 1.807) is 19.1 Å². The van der Waals surface area contributed by atoms with Crippen molar-refractivity contribution in [3.63, 3.8) is 0 Å². The number of hydrogen-bond donors (Lipinski definition) is 2. The highest BCUT2D eigenvalue weighted by Crippen LogP contribution is 2.24. The van der Waals surface area contributed by atoms with Crippen LogP contribution in [-0.2, 0) is 14.3 Å². The molecule has 0 saturated carbocycles. The minimum atomic E-state index is -1.04. The Kier molecular flexibility index (Phi) is 7.34. The number of esters is 1. The maximum atomic E-state index is 12.4. The lowest BCUT2D eigenvalue weighted by atomic mass is 10.2. The first-order chi connectivity index (χ1) is 15.0. The molecule has 1 heterocycles. The number of hydrogen-bond acceptors (Lipinski definition) is 7. The average molecular weight is 439 g/mol. The molecule has 1 unspecified atom stereocenters. The van der Waals surface area contributed by atoms with Crippen molar-refractivity contribution in [2.45, 2.75) is 20.0 Å². The van der Waals surface area contributed by atoms with E-state index >= 15 is 0 Å². The first kappa shape index (κ1) is 22.0. The fourth-order valence-electron chi connectivity index (χ4n) is 2.57. The Morgan fingerprint density at radius 3 is 2.58 bits per heavy atom. The van der Waals surface area contributed by atoms with Crippen LogP contribution in [0.1, 0.15) is 24.2 Å². The number of benzene rings is 2. The molecule has 1 aromatic heterocycles. The van der Waals surface area contributed by atoms with Crippen molar-refractivity contribution in [1.82, 2.24) is 4.98 Å². The van der Waals surface area contributed by atoms with Gasteiger partial charge in [-0.2, -0.15) is 0 Å². The number of ether oxygens (including phenoxy) is 2. The van der Waals surface area contributed by atoms with Crippen molar-refractivity contribution in [3.8, 4) is 11.3 Å². The summed E-state index contributed by atoms with van der Waals surface area (Å²) in [5.74, 6) is -1.19. The van der Waals surface area contributed by atoms with Crippen LogP contribution in [0.4, 0.5) is 15.6 Å². The van der Waals surface area contributed by atoms with Crippen LogP contribution in [0.3, 0.4) is 0 Å². The lowest BCUT2D eigenvalue weighted by molar-refractivity contribution is -0.123. The molecule has 0 aliphatic rings. The predicted octanol–water partition coefficient (Wildman–Crippen LogP) is 4.56. The van der Waals surface area contributed by atoms with Gasteiger partial charge in [-0.1, -0.05) is 36.4 Å². The van der Waals surface area contributed by atoms with Crippen LogP contribution < -0.4 is 10.6 Å². The fourth-order valence-corrected chi connectivity index (χ4v) is 3.29. The summed E-state index contributed by atoms with van der Waals surface area (Å²) in [6, 6.07) is 15.7. The molecule has 160 valence electrons. The Bertz CT molecular complexity index is 1070. The number of carbonyl (C=O) groups is 3. The van der Waals surface area contributed by atoms with E-state index in [0.717, 1.165) is 11.3 Å². The standard InChI is InChI=1S/C22H21N3O5S/c1-3-29-22(28)23-17-11-7-10-16(12-17)20(27)30-14(2)19(26)25-21-24-18(13-31-21)15-8-5-4-6-9-15/h4-14H,3H2,1-2H3,(H,23,28)(H,24,25,26). The zero-order valence-corrected chi connectivity index (χ0v) is 17.8. The third-order valence-electron chi connectivity index (χ3n) is 4.08. The van der Waals surface area contributed by atoms with Crippen LogP contribution in [0, 0.1) is 0 Å². The molecule has 0 aliphatic carbocycles. The monoisotopic (exact) mass is 439 g/mol. The van der Waals surface area contributed by atoms with Gasteiger partial charge < -0.3 is 9.47 Å². The molecule has 0 fully saturated rings. The second-order valence-corrected chi connectivity index (χ2v) is 7.23. The van der Waals surface area contributed by atoms with E-state index in [1.807, 2.05) is 35.7 Å². The smallest absolute Gasteiger partial charge is 0.411 e. The van der Waals surface area contributed by atoms with Gasteiger partial charge >= 0.3 is 12.1 Å². The van der Waals surface area contributed by atoms with Crippen LogP contribution in [0.5, 0.6) is 0 Å².